The van der Waals surface area contributed by atoms with Crippen LogP contribution in [-0.2, 0) is 26.0 Å². The molecule has 1 aromatic rings. The zero-order valence-corrected chi connectivity index (χ0v) is 13.3. The lowest BCUT2D eigenvalue weighted by atomic mass is 10.1. The van der Waals surface area contributed by atoms with Gasteiger partial charge in [-0.05, 0) is 18.9 Å². The number of carbonyl (C=O) groups excluding carboxylic acids is 1. The molecule has 0 aromatic heterocycles. The normalized spacial score (nSPS) is 14.7. The van der Waals surface area contributed by atoms with Crippen molar-refractivity contribution in [3.8, 4) is 0 Å². The molecule has 4 nitrogen and oxygen atoms in total. The number of benzene rings is 1. The molecule has 0 aliphatic rings. The number of esters is 1. The molecule has 6 heteroatoms. The minimum atomic E-state index is -3.53. The molecule has 106 valence electrons. The van der Waals surface area contributed by atoms with E-state index in [9.17, 15) is 13.2 Å². The predicted octanol–water partition coefficient (Wildman–Crippen LogP) is 2.32. The van der Waals surface area contributed by atoms with E-state index in [4.69, 9.17) is 4.74 Å². The molecule has 0 amide bonds. The van der Waals surface area contributed by atoms with Crippen LogP contribution >= 0.6 is 15.9 Å². The minimum Gasteiger partial charge on any atom is -0.460 e. The van der Waals surface area contributed by atoms with Gasteiger partial charge in [-0.2, -0.15) is 0 Å². The van der Waals surface area contributed by atoms with Gasteiger partial charge in [-0.15, -0.1) is 0 Å². The summed E-state index contributed by atoms with van der Waals surface area (Å²) in [6.45, 7) is 1.48. The van der Waals surface area contributed by atoms with Crippen molar-refractivity contribution >= 4 is 31.7 Å². The largest absolute Gasteiger partial charge is 0.460 e. The molecule has 0 aliphatic heterocycles. The molecule has 0 spiro atoms. The fourth-order valence-corrected chi connectivity index (χ4v) is 3.38. The summed E-state index contributed by atoms with van der Waals surface area (Å²) in [6, 6.07) is 9.15. The number of ether oxygens (including phenoxy) is 1. The van der Waals surface area contributed by atoms with Crippen LogP contribution in [-0.4, -0.2) is 30.7 Å². The third kappa shape index (κ3) is 4.04. The molecule has 0 unspecified atom stereocenters. The molecule has 0 fully saturated rings. The van der Waals surface area contributed by atoms with Gasteiger partial charge in [0.25, 0.3) is 0 Å². The minimum absolute atomic E-state index is 0.0765. The van der Waals surface area contributed by atoms with E-state index in [1.807, 2.05) is 30.3 Å². The molecule has 1 aromatic carbocycles. The highest BCUT2D eigenvalue weighted by Crippen LogP contribution is 2.24. The monoisotopic (exact) mass is 348 g/mol. The maximum atomic E-state index is 12.1. The number of halogens is 1. The maximum absolute atomic E-state index is 12.1. The Balaban J connectivity index is 2.80. The third-order valence-corrected chi connectivity index (χ3v) is 5.44. The highest BCUT2D eigenvalue weighted by molar-refractivity contribution is 9.09. The van der Waals surface area contributed by atoms with Crippen molar-refractivity contribution in [1.82, 2.24) is 0 Å². The number of hydrogen-bond donors (Lipinski definition) is 0. The van der Waals surface area contributed by atoms with Crippen LogP contribution < -0.4 is 0 Å². The van der Waals surface area contributed by atoms with E-state index in [2.05, 4.69) is 15.9 Å². The summed E-state index contributed by atoms with van der Waals surface area (Å²) in [7, 11) is -3.53. The number of hydrogen-bond acceptors (Lipinski definition) is 4. The molecule has 1 rings (SSSR count). The van der Waals surface area contributed by atoms with Gasteiger partial charge in [0.2, 0.25) is 0 Å². The van der Waals surface area contributed by atoms with Crippen molar-refractivity contribution < 1.29 is 17.9 Å². The van der Waals surface area contributed by atoms with E-state index < -0.39 is 20.6 Å². The molecule has 0 saturated heterocycles. The van der Waals surface area contributed by atoms with Gasteiger partial charge < -0.3 is 4.74 Å². The summed E-state index contributed by atoms with van der Waals surface area (Å²) >= 11 is 3.17. The summed E-state index contributed by atoms with van der Waals surface area (Å²) in [6.07, 6.45) is 1.24. The first-order valence-corrected chi connectivity index (χ1v) is 8.79. The third-order valence-electron chi connectivity index (χ3n) is 3.03. The van der Waals surface area contributed by atoms with E-state index in [0.29, 0.717) is 5.33 Å². The Labute approximate surface area is 122 Å². The standard InChI is InChI=1S/C13H17BrO4S/c1-13(8-9-14,19(2,16)17)12(15)18-10-11-6-4-3-5-7-11/h3-7H,8-10H2,1-2H3/t13-/m0/s1. The Morgan fingerprint density at radius 2 is 1.89 bits per heavy atom. The smallest absolute Gasteiger partial charge is 0.327 e. The Hall–Kier alpha value is -0.880. The van der Waals surface area contributed by atoms with Crippen LogP contribution in [0.3, 0.4) is 0 Å². The molecule has 0 heterocycles. The van der Waals surface area contributed by atoms with Crippen molar-refractivity contribution in [2.75, 3.05) is 11.6 Å². The molecule has 0 N–H and O–H groups in total. The number of sulfone groups is 1. The highest BCUT2D eigenvalue weighted by atomic mass is 79.9. The Kier molecular flexibility index (Phi) is 5.55. The first kappa shape index (κ1) is 16.2. The van der Waals surface area contributed by atoms with Gasteiger partial charge in [-0.25, -0.2) is 8.42 Å². The second kappa shape index (κ2) is 6.52. The van der Waals surface area contributed by atoms with E-state index >= 15 is 0 Å². The summed E-state index contributed by atoms with van der Waals surface area (Å²) in [5, 5.41) is 0.414. The molecule has 0 aliphatic carbocycles. The van der Waals surface area contributed by atoms with Crippen LogP contribution in [0.5, 0.6) is 0 Å². The van der Waals surface area contributed by atoms with Crippen LogP contribution in [0.1, 0.15) is 18.9 Å². The Morgan fingerprint density at radius 3 is 2.37 bits per heavy atom. The summed E-state index contributed by atoms with van der Waals surface area (Å²) < 4.78 is 27.2. The van der Waals surface area contributed by atoms with Gasteiger partial charge in [-0.1, -0.05) is 46.3 Å². The molecular weight excluding hydrogens is 332 g/mol. The van der Waals surface area contributed by atoms with Crippen molar-refractivity contribution in [3.05, 3.63) is 35.9 Å². The average molecular weight is 349 g/mol. The van der Waals surface area contributed by atoms with Crippen molar-refractivity contribution in [2.45, 2.75) is 24.7 Å². The van der Waals surface area contributed by atoms with Crippen molar-refractivity contribution in [1.29, 1.82) is 0 Å². The van der Waals surface area contributed by atoms with Gasteiger partial charge in [0, 0.05) is 11.6 Å². The Morgan fingerprint density at radius 1 is 1.32 bits per heavy atom. The molecule has 19 heavy (non-hydrogen) atoms. The van der Waals surface area contributed by atoms with Crippen LogP contribution in [0.4, 0.5) is 0 Å². The zero-order valence-electron chi connectivity index (χ0n) is 10.9. The first-order valence-electron chi connectivity index (χ1n) is 5.78. The lowest BCUT2D eigenvalue weighted by Gasteiger charge is -2.24. The lowest BCUT2D eigenvalue weighted by molar-refractivity contribution is -0.147. The van der Waals surface area contributed by atoms with Crippen LogP contribution in [0.2, 0.25) is 0 Å². The van der Waals surface area contributed by atoms with Gasteiger partial charge >= 0.3 is 5.97 Å². The second-order valence-corrected chi connectivity index (χ2v) is 7.74. The van der Waals surface area contributed by atoms with E-state index in [1.54, 1.807) is 0 Å². The first-order chi connectivity index (χ1) is 8.81. The molecule has 0 saturated carbocycles. The summed E-state index contributed by atoms with van der Waals surface area (Å²) in [5.41, 5.74) is 0.825. The topological polar surface area (TPSA) is 60.4 Å². The average Bonchev–Trinajstić information content (AvgIpc) is 2.36. The predicted molar refractivity (Wildman–Crippen MR) is 77.9 cm³/mol. The van der Waals surface area contributed by atoms with Crippen LogP contribution in [0.25, 0.3) is 0 Å². The highest BCUT2D eigenvalue weighted by Gasteiger charge is 2.44. The second-order valence-electron chi connectivity index (χ2n) is 4.50. The number of alkyl halides is 1. The Bertz CT molecular complexity index is 527. The molecule has 0 bridgehead atoms. The molecular formula is C13H17BrO4S. The lowest BCUT2D eigenvalue weighted by Crippen LogP contribution is -2.44. The van der Waals surface area contributed by atoms with E-state index in [1.165, 1.54) is 6.92 Å². The van der Waals surface area contributed by atoms with Crippen molar-refractivity contribution in [2.24, 2.45) is 0 Å². The van der Waals surface area contributed by atoms with E-state index in [-0.39, 0.29) is 13.0 Å². The van der Waals surface area contributed by atoms with E-state index in [0.717, 1.165) is 11.8 Å². The summed E-state index contributed by atoms with van der Waals surface area (Å²) in [5.74, 6) is -0.710. The quantitative estimate of drug-likeness (QED) is 0.584. The fourth-order valence-electron chi connectivity index (χ4n) is 1.49. The van der Waals surface area contributed by atoms with Crippen LogP contribution in [0, 0.1) is 0 Å². The van der Waals surface area contributed by atoms with Crippen LogP contribution in [0.15, 0.2) is 30.3 Å². The summed E-state index contributed by atoms with van der Waals surface area (Å²) in [4.78, 5) is 12.1. The number of rotatable bonds is 6. The fraction of sp³-hybridized carbons (Fsp3) is 0.462. The maximum Gasteiger partial charge on any atom is 0.327 e. The van der Waals surface area contributed by atoms with Crippen molar-refractivity contribution in [3.63, 3.8) is 0 Å². The van der Waals surface area contributed by atoms with Gasteiger partial charge in [0.15, 0.2) is 14.6 Å². The molecule has 0 radical (unpaired) electrons. The zero-order chi connectivity index (χ0) is 14.5. The SMILES string of the molecule is C[C@](CCBr)(C(=O)OCc1ccccc1)S(C)(=O)=O. The number of carbonyl (C=O) groups is 1. The van der Waals surface area contributed by atoms with Gasteiger partial charge in [0.05, 0.1) is 0 Å². The molecule has 1 atom stereocenters. The van der Waals surface area contributed by atoms with Gasteiger partial charge in [-0.3, -0.25) is 4.79 Å². The van der Waals surface area contributed by atoms with Gasteiger partial charge in [0.1, 0.15) is 6.61 Å².